The van der Waals surface area contributed by atoms with Gasteiger partial charge in [-0.05, 0) is 36.8 Å². The average Bonchev–Trinajstić information content (AvgIpc) is 2.63. The van der Waals surface area contributed by atoms with Crippen molar-refractivity contribution >= 4 is 21.8 Å². The second kappa shape index (κ2) is 7.77. The molecule has 0 unspecified atom stereocenters. The van der Waals surface area contributed by atoms with E-state index in [-0.39, 0.29) is 23.6 Å². The molecule has 0 spiro atoms. The van der Waals surface area contributed by atoms with Crippen molar-refractivity contribution in [3.05, 3.63) is 59.7 Å². The predicted octanol–water partition coefficient (Wildman–Crippen LogP) is 0.839. The molecular formula is C18H19N3O5S. The van der Waals surface area contributed by atoms with Crippen LogP contribution in [0.25, 0.3) is 0 Å². The van der Waals surface area contributed by atoms with Crippen LogP contribution in [0.3, 0.4) is 0 Å². The van der Waals surface area contributed by atoms with E-state index in [0.717, 1.165) is 10.6 Å². The molecule has 0 aromatic heterocycles. The van der Waals surface area contributed by atoms with Gasteiger partial charge in [-0.3, -0.25) is 14.6 Å². The summed E-state index contributed by atoms with van der Waals surface area (Å²) < 4.78 is 29.9. The van der Waals surface area contributed by atoms with Crippen molar-refractivity contribution in [3.8, 4) is 5.75 Å². The van der Waals surface area contributed by atoms with Gasteiger partial charge in [0.25, 0.3) is 15.9 Å². The van der Waals surface area contributed by atoms with Crippen molar-refractivity contribution in [2.45, 2.75) is 11.8 Å². The van der Waals surface area contributed by atoms with E-state index in [4.69, 9.17) is 4.74 Å². The van der Waals surface area contributed by atoms with Crippen LogP contribution in [0, 0.1) is 6.92 Å². The second-order valence-electron chi connectivity index (χ2n) is 6.00. The summed E-state index contributed by atoms with van der Waals surface area (Å²) in [6.45, 7) is 1.98. The summed E-state index contributed by atoms with van der Waals surface area (Å²) in [6.07, 6.45) is 0. The third kappa shape index (κ3) is 4.44. The van der Waals surface area contributed by atoms with Gasteiger partial charge in [0.15, 0.2) is 0 Å². The lowest BCUT2D eigenvalue weighted by molar-refractivity contribution is -0.122. The van der Waals surface area contributed by atoms with Gasteiger partial charge in [-0.15, -0.1) is 4.83 Å². The molecule has 2 amide bonds. The number of hydrogen-bond acceptors (Lipinski definition) is 5. The van der Waals surface area contributed by atoms with Gasteiger partial charge in [-0.25, -0.2) is 8.42 Å². The van der Waals surface area contributed by atoms with E-state index in [1.807, 2.05) is 31.2 Å². The number of amides is 2. The zero-order valence-electron chi connectivity index (χ0n) is 14.6. The number of benzene rings is 2. The minimum absolute atomic E-state index is 0.0341. The Balaban J connectivity index is 1.53. The Labute approximate surface area is 157 Å². The quantitative estimate of drug-likeness (QED) is 0.713. The second-order valence-corrected chi connectivity index (χ2v) is 7.63. The van der Waals surface area contributed by atoms with E-state index in [2.05, 4.69) is 10.1 Å². The molecule has 0 saturated carbocycles. The van der Waals surface area contributed by atoms with Crippen LogP contribution in [-0.4, -0.2) is 44.9 Å². The van der Waals surface area contributed by atoms with Crippen molar-refractivity contribution < 1.29 is 22.7 Å². The molecule has 1 heterocycles. The van der Waals surface area contributed by atoms with E-state index in [1.165, 1.54) is 18.2 Å². The van der Waals surface area contributed by atoms with Gasteiger partial charge in [-0.1, -0.05) is 24.3 Å². The molecule has 0 saturated heterocycles. The molecule has 0 aliphatic carbocycles. The minimum Gasteiger partial charge on any atom is -0.492 e. The summed E-state index contributed by atoms with van der Waals surface area (Å²) in [6, 6.07) is 13.4. The molecular weight excluding hydrogens is 370 g/mol. The number of hydrogen-bond donors (Lipinski definition) is 2. The van der Waals surface area contributed by atoms with Crippen LogP contribution >= 0.6 is 0 Å². The van der Waals surface area contributed by atoms with Crippen LogP contribution in [0.4, 0.5) is 0 Å². The fourth-order valence-corrected chi connectivity index (χ4v) is 3.87. The fraction of sp³-hybridized carbons (Fsp3) is 0.222. The number of sulfonamides is 1. The molecule has 1 aliphatic heterocycles. The smallest absolute Gasteiger partial charge is 0.270 e. The van der Waals surface area contributed by atoms with E-state index in [1.54, 1.807) is 6.07 Å². The van der Waals surface area contributed by atoms with Gasteiger partial charge in [-0.2, -0.15) is 0 Å². The van der Waals surface area contributed by atoms with E-state index in [9.17, 15) is 18.0 Å². The number of nitrogens with zero attached hydrogens (tertiary/aromatic N) is 1. The highest BCUT2D eigenvalue weighted by molar-refractivity contribution is 7.89. The van der Waals surface area contributed by atoms with Crippen LogP contribution in [0.15, 0.2) is 53.4 Å². The molecule has 8 nitrogen and oxygen atoms in total. The summed E-state index contributed by atoms with van der Waals surface area (Å²) in [7, 11) is -3.88. The van der Waals surface area contributed by atoms with Crippen LogP contribution in [0.5, 0.6) is 5.75 Å². The molecule has 2 N–H and O–H groups in total. The summed E-state index contributed by atoms with van der Waals surface area (Å²) in [4.78, 5) is 26.4. The molecule has 2 aromatic carbocycles. The first kappa shape index (κ1) is 18.9. The van der Waals surface area contributed by atoms with Gasteiger partial charge < -0.3 is 10.1 Å². The summed E-state index contributed by atoms with van der Waals surface area (Å²) in [5.74, 6) is -0.385. The maximum absolute atomic E-state index is 12.4. The van der Waals surface area contributed by atoms with Crippen molar-refractivity contribution in [1.82, 2.24) is 15.2 Å². The SMILES string of the molecule is Cc1cccc(OCCNC(=O)CN2NS(=O)(=O)c3ccccc3C2=O)c1. The Kier molecular flexibility index (Phi) is 5.43. The highest BCUT2D eigenvalue weighted by Gasteiger charge is 2.34. The molecule has 142 valence electrons. The zero-order chi connectivity index (χ0) is 19.4. The largest absolute Gasteiger partial charge is 0.492 e. The number of hydrazine groups is 1. The Bertz CT molecular complexity index is 974. The lowest BCUT2D eigenvalue weighted by Gasteiger charge is -2.28. The van der Waals surface area contributed by atoms with Crippen LogP contribution in [-0.2, 0) is 14.8 Å². The van der Waals surface area contributed by atoms with Gasteiger partial charge in [0.05, 0.1) is 17.0 Å². The maximum atomic E-state index is 12.4. The standard InChI is InChI=1S/C18H19N3O5S/c1-13-5-4-6-14(11-13)26-10-9-19-17(22)12-21-18(23)15-7-2-3-8-16(15)27(24,25)20-21/h2-8,11,20H,9-10,12H2,1H3,(H,19,22). The van der Waals surface area contributed by atoms with Gasteiger partial charge in [0.1, 0.15) is 18.9 Å². The molecule has 0 atom stereocenters. The average molecular weight is 389 g/mol. The highest BCUT2D eigenvalue weighted by Crippen LogP contribution is 2.21. The first-order chi connectivity index (χ1) is 12.9. The monoisotopic (exact) mass is 389 g/mol. The topological polar surface area (TPSA) is 105 Å². The molecule has 27 heavy (non-hydrogen) atoms. The Morgan fingerprint density at radius 1 is 1.19 bits per heavy atom. The van der Waals surface area contributed by atoms with Gasteiger partial charge in [0.2, 0.25) is 5.91 Å². The molecule has 0 radical (unpaired) electrons. The van der Waals surface area contributed by atoms with Crippen molar-refractivity contribution in [1.29, 1.82) is 0 Å². The normalized spacial score (nSPS) is 15.1. The molecule has 0 fully saturated rings. The third-order valence-corrected chi connectivity index (χ3v) is 5.26. The first-order valence-corrected chi connectivity index (χ1v) is 9.75. The predicted molar refractivity (Wildman–Crippen MR) is 97.5 cm³/mol. The number of carbonyl (C=O) groups is 2. The number of carbonyl (C=O) groups excluding carboxylic acids is 2. The summed E-state index contributed by atoms with van der Waals surface area (Å²) >= 11 is 0. The van der Waals surface area contributed by atoms with Crippen LogP contribution in [0.2, 0.25) is 0 Å². The number of fused-ring (bicyclic) bond motifs is 1. The number of nitrogens with one attached hydrogen (secondary N) is 2. The highest BCUT2D eigenvalue weighted by atomic mass is 32.2. The summed E-state index contributed by atoms with van der Waals surface area (Å²) in [5, 5.41) is 3.38. The molecule has 2 aromatic rings. The van der Waals surface area contributed by atoms with Gasteiger partial charge in [0, 0.05) is 0 Å². The molecule has 3 rings (SSSR count). The lowest BCUT2D eigenvalue weighted by atomic mass is 10.2. The van der Waals surface area contributed by atoms with Crippen molar-refractivity contribution in [2.24, 2.45) is 0 Å². The summed E-state index contributed by atoms with van der Waals surface area (Å²) in [5.41, 5.74) is 1.10. The lowest BCUT2D eigenvalue weighted by Crippen LogP contribution is -2.54. The Morgan fingerprint density at radius 3 is 2.74 bits per heavy atom. The van der Waals surface area contributed by atoms with Crippen LogP contribution < -0.4 is 14.9 Å². The maximum Gasteiger partial charge on any atom is 0.270 e. The van der Waals surface area contributed by atoms with Crippen molar-refractivity contribution in [3.63, 3.8) is 0 Å². The van der Waals surface area contributed by atoms with E-state index in [0.29, 0.717) is 5.75 Å². The number of rotatable bonds is 6. The minimum atomic E-state index is -3.88. The van der Waals surface area contributed by atoms with Crippen LogP contribution in [0.1, 0.15) is 15.9 Å². The fourth-order valence-electron chi connectivity index (χ4n) is 2.63. The van der Waals surface area contributed by atoms with Gasteiger partial charge >= 0.3 is 0 Å². The number of ether oxygens (including phenoxy) is 1. The molecule has 1 aliphatic rings. The first-order valence-electron chi connectivity index (χ1n) is 8.26. The molecule has 9 heteroatoms. The van der Waals surface area contributed by atoms with E-state index < -0.39 is 28.4 Å². The third-order valence-electron chi connectivity index (χ3n) is 3.87. The van der Waals surface area contributed by atoms with Crippen molar-refractivity contribution in [2.75, 3.05) is 19.7 Å². The number of aryl methyl sites for hydroxylation is 1. The Hall–Kier alpha value is -2.91. The van der Waals surface area contributed by atoms with E-state index >= 15 is 0 Å². The zero-order valence-corrected chi connectivity index (χ0v) is 15.5. The molecule has 0 bridgehead atoms. The Morgan fingerprint density at radius 2 is 1.96 bits per heavy atom.